The van der Waals surface area contributed by atoms with Crippen LogP contribution in [-0.2, 0) is 11.3 Å². The van der Waals surface area contributed by atoms with Crippen molar-refractivity contribution in [3.63, 3.8) is 0 Å². The van der Waals surface area contributed by atoms with E-state index in [0.29, 0.717) is 6.61 Å². The molecule has 0 aliphatic carbocycles. The number of ether oxygens (including phenoxy) is 2. The maximum atomic E-state index is 6.02. The molecular weight excluding hydrogens is 216 g/mol. The first-order chi connectivity index (χ1) is 8.31. The zero-order chi connectivity index (χ0) is 12.1. The number of nitrogens with two attached hydrogens (primary N) is 1. The molecule has 0 saturated carbocycles. The highest BCUT2D eigenvalue weighted by Crippen LogP contribution is 2.31. The van der Waals surface area contributed by atoms with Crippen LogP contribution in [0.5, 0.6) is 5.75 Å². The number of rotatable bonds is 5. The van der Waals surface area contributed by atoms with E-state index >= 15 is 0 Å². The van der Waals surface area contributed by atoms with E-state index in [0.717, 1.165) is 37.4 Å². The molecule has 1 atom stereocenters. The number of nitrogens with one attached hydrogen (secondary N) is 1. The Morgan fingerprint density at radius 1 is 1.53 bits per heavy atom. The first-order valence-corrected chi connectivity index (χ1v) is 6.02. The van der Waals surface area contributed by atoms with Crippen LogP contribution in [0.25, 0.3) is 0 Å². The Labute approximate surface area is 102 Å². The van der Waals surface area contributed by atoms with Gasteiger partial charge in [-0.2, -0.15) is 0 Å². The lowest BCUT2D eigenvalue weighted by atomic mass is 10.00. The van der Waals surface area contributed by atoms with Crippen LogP contribution in [0, 0.1) is 0 Å². The van der Waals surface area contributed by atoms with Gasteiger partial charge in [0.2, 0.25) is 0 Å². The molecule has 2 rings (SSSR count). The van der Waals surface area contributed by atoms with Gasteiger partial charge in [0.1, 0.15) is 5.75 Å². The predicted molar refractivity (Wildman–Crippen MR) is 67.1 cm³/mol. The molecule has 0 spiro atoms. The van der Waals surface area contributed by atoms with E-state index in [1.807, 2.05) is 0 Å². The monoisotopic (exact) mass is 236 g/mol. The quantitative estimate of drug-likeness (QED) is 0.754. The summed E-state index contributed by atoms with van der Waals surface area (Å²) in [6.07, 6.45) is 0.901. The van der Waals surface area contributed by atoms with Gasteiger partial charge >= 0.3 is 0 Å². The molecule has 1 aliphatic rings. The van der Waals surface area contributed by atoms with Gasteiger partial charge in [-0.15, -0.1) is 0 Å². The van der Waals surface area contributed by atoms with Crippen LogP contribution >= 0.6 is 0 Å². The van der Waals surface area contributed by atoms with Gasteiger partial charge in [0, 0.05) is 38.2 Å². The fourth-order valence-electron chi connectivity index (χ4n) is 1.98. The Balaban J connectivity index is 1.96. The Morgan fingerprint density at radius 3 is 3.24 bits per heavy atom. The van der Waals surface area contributed by atoms with Crippen LogP contribution in [0.2, 0.25) is 0 Å². The van der Waals surface area contributed by atoms with Crippen molar-refractivity contribution in [2.45, 2.75) is 19.0 Å². The standard InChI is InChI=1S/C13H20N2O2/c1-16-7-5-15-9-10-2-3-11-12(14)4-6-17-13(11)8-10/h2-3,8,12,15H,4-7,9,14H2,1H3. The molecule has 1 aromatic carbocycles. The third-order valence-corrected chi connectivity index (χ3v) is 2.98. The summed E-state index contributed by atoms with van der Waals surface area (Å²) in [7, 11) is 1.70. The second-order valence-corrected chi connectivity index (χ2v) is 4.29. The highest BCUT2D eigenvalue weighted by molar-refractivity contribution is 5.40. The Kier molecular flexibility index (Phi) is 4.36. The minimum Gasteiger partial charge on any atom is -0.493 e. The molecule has 0 radical (unpaired) electrons. The summed E-state index contributed by atoms with van der Waals surface area (Å²) in [5.41, 5.74) is 8.36. The Morgan fingerprint density at radius 2 is 2.41 bits per heavy atom. The molecule has 1 heterocycles. The van der Waals surface area contributed by atoms with Crippen molar-refractivity contribution >= 4 is 0 Å². The molecular formula is C13H20N2O2. The van der Waals surface area contributed by atoms with Crippen molar-refractivity contribution in [1.82, 2.24) is 5.32 Å². The summed E-state index contributed by atoms with van der Waals surface area (Å²) < 4.78 is 10.6. The van der Waals surface area contributed by atoms with Gasteiger partial charge in [-0.3, -0.25) is 0 Å². The van der Waals surface area contributed by atoms with Crippen molar-refractivity contribution in [2.24, 2.45) is 5.73 Å². The normalized spacial score (nSPS) is 18.6. The SMILES string of the molecule is COCCNCc1ccc2c(c1)OCCC2N. The van der Waals surface area contributed by atoms with Gasteiger partial charge in [0.05, 0.1) is 13.2 Å². The molecule has 1 unspecified atom stereocenters. The van der Waals surface area contributed by atoms with Crippen molar-refractivity contribution in [3.05, 3.63) is 29.3 Å². The van der Waals surface area contributed by atoms with Gasteiger partial charge in [0.15, 0.2) is 0 Å². The van der Waals surface area contributed by atoms with Crippen molar-refractivity contribution in [3.8, 4) is 5.75 Å². The largest absolute Gasteiger partial charge is 0.493 e. The number of hydrogen-bond donors (Lipinski definition) is 2. The highest BCUT2D eigenvalue weighted by atomic mass is 16.5. The van der Waals surface area contributed by atoms with Crippen LogP contribution in [0.15, 0.2) is 18.2 Å². The van der Waals surface area contributed by atoms with E-state index in [1.54, 1.807) is 7.11 Å². The molecule has 0 aromatic heterocycles. The molecule has 0 bridgehead atoms. The van der Waals surface area contributed by atoms with Crippen molar-refractivity contribution in [1.29, 1.82) is 0 Å². The summed E-state index contributed by atoms with van der Waals surface area (Å²) in [6, 6.07) is 6.38. The van der Waals surface area contributed by atoms with E-state index in [1.165, 1.54) is 5.56 Å². The molecule has 0 amide bonds. The van der Waals surface area contributed by atoms with Gasteiger partial charge in [-0.05, 0) is 11.6 Å². The first kappa shape index (κ1) is 12.4. The molecule has 94 valence electrons. The smallest absolute Gasteiger partial charge is 0.124 e. The minimum atomic E-state index is 0.120. The van der Waals surface area contributed by atoms with Crippen LogP contribution in [0.1, 0.15) is 23.6 Å². The number of hydrogen-bond acceptors (Lipinski definition) is 4. The van der Waals surface area contributed by atoms with E-state index in [-0.39, 0.29) is 6.04 Å². The molecule has 3 N–H and O–H groups in total. The highest BCUT2D eigenvalue weighted by Gasteiger charge is 2.17. The lowest BCUT2D eigenvalue weighted by Crippen LogP contribution is -2.21. The third-order valence-electron chi connectivity index (χ3n) is 2.98. The summed E-state index contributed by atoms with van der Waals surface area (Å²) >= 11 is 0. The second kappa shape index (κ2) is 6.00. The molecule has 1 aliphatic heterocycles. The molecule has 0 saturated heterocycles. The number of fused-ring (bicyclic) bond motifs is 1. The van der Waals surface area contributed by atoms with Gasteiger partial charge < -0.3 is 20.5 Å². The van der Waals surface area contributed by atoms with Crippen LogP contribution in [0.3, 0.4) is 0 Å². The van der Waals surface area contributed by atoms with Gasteiger partial charge in [0.25, 0.3) is 0 Å². The Bertz CT molecular complexity index is 368. The predicted octanol–water partition coefficient (Wildman–Crippen LogP) is 1.20. The topological polar surface area (TPSA) is 56.5 Å². The molecule has 4 nitrogen and oxygen atoms in total. The van der Waals surface area contributed by atoms with Gasteiger partial charge in [-0.25, -0.2) is 0 Å². The van der Waals surface area contributed by atoms with E-state index in [4.69, 9.17) is 15.2 Å². The average Bonchev–Trinajstić information content (AvgIpc) is 2.35. The second-order valence-electron chi connectivity index (χ2n) is 4.29. The summed E-state index contributed by atoms with van der Waals surface area (Å²) in [6.45, 7) is 3.13. The summed E-state index contributed by atoms with van der Waals surface area (Å²) in [5, 5.41) is 3.31. The third kappa shape index (κ3) is 3.19. The van der Waals surface area contributed by atoms with Gasteiger partial charge in [-0.1, -0.05) is 12.1 Å². The summed E-state index contributed by atoms with van der Waals surface area (Å²) in [5.74, 6) is 0.940. The first-order valence-electron chi connectivity index (χ1n) is 6.02. The van der Waals surface area contributed by atoms with E-state index in [2.05, 4.69) is 23.5 Å². The summed E-state index contributed by atoms with van der Waals surface area (Å²) in [4.78, 5) is 0. The molecule has 4 heteroatoms. The zero-order valence-corrected chi connectivity index (χ0v) is 10.2. The van der Waals surface area contributed by atoms with Crippen LogP contribution in [-0.4, -0.2) is 26.9 Å². The van der Waals surface area contributed by atoms with E-state index in [9.17, 15) is 0 Å². The minimum absolute atomic E-state index is 0.120. The average molecular weight is 236 g/mol. The Hall–Kier alpha value is -1.10. The molecule has 17 heavy (non-hydrogen) atoms. The van der Waals surface area contributed by atoms with Crippen LogP contribution < -0.4 is 15.8 Å². The maximum Gasteiger partial charge on any atom is 0.124 e. The van der Waals surface area contributed by atoms with E-state index < -0.39 is 0 Å². The fourth-order valence-corrected chi connectivity index (χ4v) is 1.98. The number of benzene rings is 1. The lowest BCUT2D eigenvalue weighted by molar-refractivity contribution is 0.199. The fraction of sp³-hybridized carbons (Fsp3) is 0.538. The van der Waals surface area contributed by atoms with Crippen molar-refractivity contribution in [2.75, 3.05) is 26.9 Å². The maximum absolute atomic E-state index is 6.02. The van der Waals surface area contributed by atoms with Crippen molar-refractivity contribution < 1.29 is 9.47 Å². The molecule has 0 fully saturated rings. The zero-order valence-electron chi connectivity index (χ0n) is 10.2. The lowest BCUT2D eigenvalue weighted by Gasteiger charge is -2.23. The van der Waals surface area contributed by atoms with Crippen LogP contribution in [0.4, 0.5) is 0 Å². The molecule has 1 aromatic rings. The number of methoxy groups -OCH3 is 1.